The molecule has 1 N–H and O–H groups in total. The van der Waals surface area contributed by atoms with Crippen LogP contribution in [0.2, 0.25) is 0 Å². The summed E-state index contributed by atoms with van der Waals surface area (Å²) in [5.74, 6) is -2.04. The maximum absolute atomic E-state index is 14.3. The van der Waals surface area contributed by atoms with E-state index in [1.165, 1.54) is 16.4 Å². The van der Waals surface area contributed by atoms with Gasteiger partial charge in [-0.1, -0.05) is 12.5 Å². The molecular formula is C21H23FN2O5S. The van der Waals surface area contributed by atoms with Gasteiger partial charge in [0.25, 0.3) is 5.91 Å². The molecule has 7 nitrogen and oxygen atoms in total. The van der Waals surface area contributed by atoms with Crippen LogP contribution in [0.15, 0.2) is 47.4 Å². The summed E-state index contributed by atoms with van der Waals surface area (Å²) in [6.45, 7) is 2.57. The van der Waals surface area contributed by atoms with Crippen LogP contribution in [0.3, 0.4) is 0 Å². The number of carbonyl (C=O) groups excluding carboxylic acids is 2. The number of halogens is 1. The summed E-state index contributed by atoms with van der Waals surface area (Å²) in [6, 6.07) is 9.40. The summed E-state index contributed by atoms with van der Waals surface area (Å²) in [7, 11) is -4.03. The topological polar surface area (TPSA) is 92.8 Å². The van der Waals surface area contributed by atoms with E-state index in [4.69, 9.17) is 4.74 Å². The van der Waals surface area contributed by atoms with Gasteiger partial charge in [-0.15, -0.1) is 0 Å². The number of anilines is 1. The summed E-state index contributed by atoms with van der Waals surface area (Å²) < 4.78 is 46.2. The quantitative estimate of drug-likeness (QED) is 0.703. The van der Waals surface area contributed by atoms with E-state index in [2.05, 4.69) is 5.32 Å². The van der Waals surface area contributed by atoms with E-state index >= 15 is 0 Å². The zero-order valence-corrected chi connectivity index (χ0v) is 17.4. The van der Waals surface area contributed by atoms with E-state index in [1.807, 2.05) is 0 Å². The number of nitrogens with zero attached hydrogens (tertiary/aromatic N) is 1. The molecule has 0 aromatic heterocycles. The smallest absolute Gasteiger partial charge is 0.338 e. The SMILES string of the molecule is CCOC(=O)c1cccc(NC(=O)c2ccc(F)c(S(=O)(=O)N3CCCCC3)c2)c1. The highest BCUT2D eigenvalue weighted by Crippen LogP contribution is 2.24. The summed E-state index contributed by atoms with van der Waals surface area (Å²) in [5, 5.41) is 2.60. The zero-order valence-electron chi connectivity index (χ0n) is 16.6. The number of carbonyl (C=O) groups is 2. The normalized spacial score (nSPS) is 14.9. The van der Waals surface area contributed by atoms with Gasteiger partial charge in [0, 0.05) is 24.3 Å². The van der Waals surface area contributed by atoms with Crippen LogP contribution < -0.4 is 5.32 Å². The maximum atomic E-state index is 14.3. The van der Waals surface area contributed by atoms with E-state index in [9.17, 15) is 22.4 Å². The van der Waals surface area contributed by atoms with Crippen molar-refractivity contribution in [2.75, 3.05) is 25.0 Å². The van der Waals surface area contributed by atoms with Crippen molar-refractivity contribution in [3.05, 3.63) is 59.4 Å². The maximum Gasteiger partial charge on any atom is 0.338 e. The van der Waals surface area contributed by atoms with Gasteiger partial charge in [0.1, 0.15) is 10.7 Å². The lowest BCUT2D eigenvalue weighted by molar-refractivity contribution is 0.0526. The first kappa shape index (κ1) is 21.9. The number of piperidine rings is 1. The van der Waals surface area contributed by atoms with Gasteiger partial charge in [0.2, 0.25) is 10.0 Å². The number of hydrogen-bond acceptors (Lipinski definition) is 5. The summed E-state index contributed by atoms with van der Waals surface area (Å²) >= 11 is 0. The molecule has 0 atom stereocenters. The van der Waals surface area contributed by atoms with Gasteiger partial charge in [0.05, 0.1) is 12.2 Å². The molecule has 0 radical (unpaired) electrons. The Balaban J connectivity index is 1.83. The molecule has 1 amide bonds. The number of benzene rings is 2. The van der Waals surface area contributed by atoms with E-state index in [0.29, 0.717) is 18.8 Å². The van der Waals surface area contributed by atoms with E-state index < -0.39 is 32.6 Å². The molecule has 9 heteroatoms. The number of hydrogen-bond donors (Lipinski definition) is 1. The number of esters is 1. The number of rotatable bonds is 6. The van der Waals surface area contributed by atoms with Gasteiger partial charge < -0.3 is 10.1 Å². The minimum absolute atomic E-state index is 0.00600. The van der Waals surface area contributed by atoms with Crippen LogP contribution in [0, 0.1) is 5.82 Å². The molecule has 0 unspecified atom stereocenters. The van der Waals surface area contributed by atoms with Gasteiger partial charge in [-0.25, -0.2) is 17.6 Å². The van der Waals surface area contributed by atoms with Crippen molar-refractivity contribution in [2.45, 2.75) is 31.1 Å². The molecule has 1 fully saturated rings. The number of ether oxygens (including phenoxy) is 1. The lowest BCUT2D eigenvalue weighted by Crippen LogP contribution is -2.36. The third kappa shape index (κ3) is 4.85. The molecule has 2 aromatic carbocycles. The number of amides is 1. The standard InChI is InChI=1S/C21H23FN2O5S/c1-2-29-21(26)16-7-6-8-17(13-16)23-20(25)15-9-10-18(22)19(14-15)30(27,28)24-11-4-3-5-12-24/h6-10,13-14H,2-5,11-12H2,1H3,(H,23,25). The summed E-state index contributed by atoms with van der Waals surface area (Å²) in [6.07, 6.45) is 2.37. The highest BCUT2D eigenvalue weighted by molar-refractivity contribution is 7.89. The fourth-order valence-electron chi connectivity index (χ4n) is 3.23. The highest BCUT2D eigenvalue weighted by Gasteiger charge is 2.29. The van der Waals surface area contributed by atoms with Gasteiger partial charge in [0.15, 0.2) is 0 Å². The Morgan fingerprint density at radius 2 is 1.80 bits per heavy atom. The molecule has 160 valence electrons. The van der Waals surface area contributed by atoms with Gasteiger partial charge in [-0.05, 0) is 56.2 Å². The number of nitrogens with one attached hydrogen (secondary N) is 1. The first-order valence-electron chi connectivity index (χ1n) is 9.71. The van der Waals surface area contributed by atoms with Gasteiger partial charge >= 0.3 is 5.97 Å². The van der Waals surface area contributed by atoms with Crippen LogP contribution in [0.1, 0.15) is 46.9 Å². The third-order valence-electron chi connectivity index (χ3n) is 4.76. The Labute approximate surface area is 174 Å². The Bertz CT molecular complexity index is 1050. The van der Waals surface area contributed by atoms with Crippen molar-refractivity contribution in [3.63, 3.8) is 0 Å². The van der Waals surface area contributed by atoms with Crippen LogP contribution in [0.4, 0.5) is 10.1 Å². The van der Waals surface area contributed by atoms with Crippen LogP contribution in [-0.4, -0.2) is 44.3 Å². The largest absolute Gasteiger partial charge is 0.462 e. The van der Waals surface area contributed by atoms with Crippen LogP contribution in [0.5, 0.6) is 0 Å². The van der Waals surface area contributed by atoms with Crippen molar-refractivity contribution in [2.24, 2.45) is 0 Å². The Morgan fingerprint density at radius 1 is 1.07 bits per heavy atom. The van der Waals surface area contributed by atoms with E-state index in [-0.39, 0.29) is 17.7 Å². The summed E-state index contributed by atoms with van der Waals surface area (Å²) in [5.41, 5.74) is 0.589. The minimum Gasteiger partial charge on any atom is -0.462 e. The predicted molar refractivity (Wildman–Crippen MR) is 109 cm³/mol. The predicted octanol–water partition coefficient (Wildman–Crippen LogP) is 3.43. The molecule has 3 rings (SSSR count). The second-order valence-electron chi connectivity index (χ2n) is 6.87. The molecule has 1 aliphatic rings. The average molecular weight is 434 g/mol. The molecule has 0 spiro atoms. The molecular weight excluding hydrogens is 411 g/mol. The Hall–Kier alpha value is -2.78. The average Bonchev–Trinajstić information content (AvgIpc) is 2.75. The first-order valence-corrected chi connectivity index (χ1v) is 11.1. The molecule has 0 bridgehead atoms. The molecule has 2 aromatic rings. The number of sulfonamides is 1. The molecule has 1 saturated heterocycles. The lowest BCUT2D eigenvalue weighted by Gasteiger charge is -2.26. The van der Waals surface area contributed by atoms with Crippen molar-refractivity contribution in [1.29, 1.82) is 0 Å². The first-order chi connectivity index (χ1) is 14.3. The summed E-state index contributed by atoms with van der Waals surface area (Å²) in [4.78, 5) is 24.0. The second-order valence-corrected chi connectivity index (χ2v) is 8.77. The monoisotopic (exact) mass is 434 g/mol. The molecule has 1 aliphatic heterocycles. The van der Waals surface area contributed by atoms with Crippen LogP contribution in [-0.2, 0) is 14.8 Å². The Morgan fingerprint density at radius 3 is 2.50 bits per heavy atom. The fraction of sp³-hybridized carbons (Fsp3) is 0.333. The van der Waals surface area contributed by atoms with Crippen molar-refractivity contribution in [3.8, 4) is 0 Å². The Kier molecular flexibility index (Phi) is 6.84. The fourth-order valence-corrected chi connectivity index (χ4v) is 4.84. The zero-order chi connectivity index (χ0) is 21.7. The van der Waals surface area contributed by atoms with Crippen molar-refractivity contribution < 1.29 is 27.1 Å². The second kappa shape index (κ2) is 9.36. The van der Waals surface area contributed by atoms with E-state index in [1.54, 1.807) is 25.1 Å². The third-order valence-corrected chi connectivity index (χ3v) is 6.67. The molecule has 0 saturated carbocycles. The van der Waals surface area contributed by atoms with Gasteiger partial charge in [-0.2, -0.15) is 4.31 Å². The lowest BCUT2D eigenvalue weighted by atomic mass is 10.1. The molecule has 30 heavy (non-hydrogen) atoms. The highest BCUT2D eigenvalue weighted by atomic mass is 32.2. The minimum atomic E-state index is -4.03. The van der Waals surface area contributed by atoms with Gasteiger partial charge in [-0.3, -0.25) is 4.79 Å². The molecule has 1 heterocycles. The van der Waals surface area contributed by atoms with Crippen molar-refractivity contribution >= 4 is 27.6 Å². The van der Waals surface area contributed by atoms with E-state index in [0.717, 1.165) is 31.4 Å². The van der Waals surface area contributed by atoms with Crippen LogP contribution in [0.25, 0.3) is 0 Å². The molecule has 0 aliphatic carbocycles. The van der Waals surface area contributed by atoms with Crippen molar-refractivity contribution in [1.82, 2.24) is 4.31 Å². The van der Waals surface area contributed by atoms with Crippen LogP contribution >= 0.6 is 0 Å².